The molecule has 0 radical (unpaired) electrons. The Balaban J connectivity index is 1.40. The Morgan fingerprint density at radius 2 is 1.79 bits per heavy atom. The average molecular weight is 479 g/mol. The average Bonchev–Trinajstić information content (AvgIpc) is 3.19. The number of piperidine rings is 1. The summed E-state index contributed by atoms with van der Waals surface area (Å²) in [6, 6.07) is 15.0. The van der Waals surface area contributed by atoms with Gasteiger partial charge < -0.3 is 14.4 Å². The van der Waals surface area contributed by atoms with Gasteiger partial charge in [-0.25, -0.2) is 0 Å². The molecule has 3 fully saturated rings. The highest BCUT2D eigenvalue weighted by molar-refractivity contribution is 6.30. The van der Waals surface area contributed by atoms with Gasteiger partial charge in [0.05, 0.1) is 31.4 Å². The third kappa shape index (κ3) is 3.89. The second kappa shape index (κ2) is 8.80. The van der Waals surface area contributed by atoms with Crippen molar-refractivity contribution in [2.75, 3.05) is 19.8 Å². The van der Waals surface area contributed by atoms with Crippen LogP contribution in [0.5, 0.6) is 0 Å². The number of Topliss-reactive ketones (excluding diaryl/α,β-unsaturated/α-hetero) is 1. The predicted octanol–water partition coefficient (Wildman–Crippen LogP) is 4.95. The summed E-state index contributed by atoms with van der Waals surface area (Å²) in [7, 11) is 0. The first-order valence-electron chi connectivity index (χ1n) is 12.4. The van der Waals surface area contributed by atoms with Crippen molar-refractivity contribution in [2.24, 2.45) is 5.92 Å². The van der Waals surface area contributed by atoms with Gasteiger partial charge in [-0.1, -0.05) is 23.7 Å². The second-order valence-corrected chi connectivity index (χ2v) is 10.8. The van der Waals surface area contributed by atoms with Crippen LogP contribution in [0.15, 0.2) is 42.5 Å². The Hall–Kier alpha value is -2.18. The third-order valence-corrected chi connectivity index (χ3v) is 8.30. The first kappa shape index (κ1) is 22.3. The predicted molar refractivity (Wildman–Crippen MR) is 134 cm³/mol. The maximum atomic E-state index is 13.8. The molecule has 6 rings (SSSR count). The number of benzene rings is 2. The number of fused-ring (bicyclic) bond motifs is 3. The topological polar surface area (TPSA) is 54.7 Å². The van der Waals surface area contributed by atoms with Crippen molar-refractivity contribution in [1.82, 2.24) is 9.47 Å². The van der Waals surface area contributed by atoms with Gasteiger partial charge in [-0.2, -0.15) is 0 Å². The molecule has 3 aromatic rings. The second-order valence-electron chi connectivity index (χ2n) is 10.3. The Labute approximate surface area is 205 Å². The molecule has 2 aromatic carbocycles. The molecule has 3 aliphatic heterocycles. The molecule has 5 nitrogen and oxygen atoms in total. The number of aromatic nitrogens is 1. The van der Waals surface area contributed by atoms with E-state index in [1.165, 1.54) is 5.56 Å². The summed E-state index contributed by atoms with van der Waals surface area (Å²) < 4.78 is 7.57. The fraction of sp³-hybridized carbons (Fsp3) is 0.464. The van der Waals surface area contributed by atoms with Gasteiger partial charge in [0, 0.05) is 45.4 Å². The highest BCUT2D eigenvalue weighted by Crippen LogP contribution is 2.37. The molecule has 178 valence electrons. The highest BCUT2D eigenvalue weighted by atomic mass is 35.5. The van der Waals surface area contributed by atoms with E-state index in [1.807, 2.05) is 24.3 Å². The van der Waals surface area contributed by atoms with E-state index in [0.29, 0.717) is 29.6 Å². The van der Waals surface area contributed by atoms with Crippen molar-refractivity contribution in [2.45, 2.75) is 57.2 Å². The molecule has 4 heterocycles. The van der Waals surface area contributed by atoms with Gasteiger partial charge in [-0.15, -0.1) is 0 Å². The number of carbonyl (C=O) groups excluding carboxylic acids is 1. The number of halogens is 1. The number of rotatable bonds is 6. The van der Waals surface area contributed by atoms with Gasteiger partial charge in [-0.05, 0) is 74.9 Å². The zero-order valence-electron chi connectivity index (χ0n) is 19.5. The van der Waals surface area contributed by atoms with Crippen molar-refractivity contribution >= 4 is 28.3 Å². The van der Waals surface area contributed by atoms with Crippen molar-refractivity contribution in [3.05, 3.63) is 64.3 Å². The van der Waals surface area contributed by atoms with Gasteiger partial charge in [-0.3, -0.25) is 9.69 Å². The Morgan fingerprint density at radius 1 is 1.09 bits per heavy atom. The molecule has 0 aliphatic carbocycles. The minimum absolute atomic E-state index is 0.170. The van der Waals surface area contributed by atoms with Crippen LogP contribution in [0.1, 0.15) is 47.3 Å². The molecule has 1 aromatic heterocycles. The van der Waals surface area contributed by atoms with E-state index < -0.39 is 0 Å². The highest BCUT2D eigenvalue weighted by Gasteiger charge is 2.41. The molecule has 0 amide bonds. The van der Waals surface area contributed by atoms with Gasteiger partial charge in [0.15, 0.2) is 5.78 Å². The number of ether oxygens (including phenoxy) is 1. The molecule has 2 unspecified atom stereocenters. The van der Waals surface area contributed by atoms with Crippen molar-refractivity contribution < 1.29 is 14.6 Å². The van der Waals surface area contributed by atoms with Crippen LogP contribution < -0.4 is 0 Å². The lowest BCUT2D eigenvalue weighted by molar-refractivity contribution is -0.0312. The van der Waals surface area contributed by atoms with Crippen LogP contribution in [0, 0.1) is 12.8 Å². The normalized spacial score (nSPS) is 25.1. The SMILES string of the molecule is Cc1c(C(=O)CN2C3CCC2CC(O)C3)c2ccc(CC3COC3)cc2n1-c1ccc(Cl)cc1. The summed E-state index contributed by atoms with van der Waals surface area (Å²) in [5, 5.41) is 11.9. The lowest BCUT2D eigenvalue weighted by Crippen LogP contribution is -2.46. The molecule has 2 bridgehead atoms. The summed E-state index contributed by atoms with van der Waals surface area (Å²) in [4.78, 5) is 16.2. The fourth-order valence-corrected chi connectivity index (χ4v) is 6.47. The van der Waals surface area contributed by atoms with E-state index in [-0.39, 0.29) is 11.9 Å². The number of ketones is 1. The zero-order chi connectivity index (χ0) is 23.4. The van der Waals surface area contributed by atoms with Crippen LogP contribution in [0.3, 0.4) is 0 Å². The third-order valence-electron chi connectivity index (χ3n) is 8.05. The van der Waals surface area contributed by atoms with Gasteiger partial charge >= 0.3 is 0 Å². The molecule has 2 atom stereocenters. The Morgan fingerprint density at radius 3 is 2.44 bits per heavy atom. The molecular weight excluding hydrogens is 448 g/mol. The first-order chi connectivity index (χ1) is 16.5. The molecule has 6 heteroatoms. The summed E-state index contributed by atoms with van der Waals surface area (Å²) in [6.45, 7) is 4.12. The molecule has 3 saturated heterocycles. The number of aliphatic hydroxyl groups is 1. The van der Waals surface area contributed by atoms with Crippen LogP contribution >= 0.6 is 11.6 Å². The lowest BCUT2D eigenvalue weighted by Gasteiger charge is -2.36. The number of hydrogen-bond donors (Lipinski definition) is 1. The van der Waals surface area contributed by atoms with Crippen molar-refractivity contribution in [1.29, 1.82) is 0 Å². The Kier molecular flexibility index (Phi) is 5.77. The minimum atomic E-state index is -0.225. The molecule has 1 N–H and O–H groups in total. The smallest absolute Gasteiger partial charge is 0.179 e. The van der Waals surface area contributed by atoms with E-state index in [2.05, 4.69) is 34.6 Å². The van der Waals surface area contributed by atoms with Crippen LogP contribution in [0.25, 0.3) is 16.6 Å². The maximum Gasteiger partial charge on any atom is 0.179 e. The minimum Gasteiger partial charge on any atom is -0.393 e. The van der Waals surface area contributed by atoms with Gasteiger partial charge in [0.1, 0.15) is 0 Å². The van der Waals surface area contributed by atoms with E-state index >= 15 is 0 Å². The quantitative estimate of drug-likeness (QED) is 0.509. The van der Waals surface area contributed by atoms with Crippen molar-refractivity contribution in [3.8, 4) is 5.69 Å². The van der Waals surface area contributed by atoms with Crippen LogP contribution in [0.2, 0.25) is 5.02 Å². The maximum absolute atomic E-state index is 13.8. The zero-order valence-corrected chi connectivity index (χ0v) is 20.3. The van der Waals surface area contributed by atoms with E-state index in [9.17, 15) is 9.90 Å². The standard InChI is InChI=1S/C28H31ClN2O3/c1-17-28(27(33)14-30-22-7-8-23(30)13-24(32)12-22)25-9-2-18(10-19-15-34-16-19)11-26(25)31(17)21-5-3-20(29)4-6-21/h2-6,9,11,19,22-24,32H,7-8,10,12-16H2,1H3. The number of nitrogens with zero attached hydrogens (tertiary/aromatic N) is 2. The molecular formula is C28H31ClN2O3. The molecule has 0 spiro atoms. The number of aliphatic hydroxyl groups excluding tert-OH is 1. The van der Waals surface area contributed by atoms with E-state index in [1.54, 1.807) is 0 Å². The van der Waals surface area contributed by atoms with Crippen LogP contribution in [-0.4, -0.2) is 58.3 Å². The molecule has 0 saturated carbocycles. The fourth-order valence-electron chi connectivity index (χ4n) is 6.35. The molecule has 34 heavy (non-hydrogen) atoms. The molecule has 3 aliphatic rings. The van der Waals surface area contributed by atoms with Crippen LogP contribution in [0.4, 0.5) is 0 Å². The van der Waals surface area contributed by atoms with Crippen LogP contribution in [-0.2, 0) is 11.2 Å². The first-order valence-corrected chi connectivity index (χ1v) is 12.8. The summed E-state index contributed by atoms with van der Waals surface area (Å²) in [6.07, 6.45) is 4.48. The lowest BCUT2D eigenvalue weighted by atomic mass is 9.96. The summed E-state index contributed by atoms with van der Waals surface area (Å²) in [5.41, 5.74) is 5.13. The van der Waals surface area contributed by atoms with E-state index in [0.717, 1.165) is 73.2 Å². The van der Waals surface area contributed by atoms with Gasteiger partial charge in [0.25, 0.3) is 0 Å². The summed E-state index contributed by atoms with van der Waals surface area (Å²) in [5.74, 6) is 0.743. The van der Waals surface area contributed by atoms with E-state index in [4.69, 9.17) is 16.3 Å². The Bertz CT molecular complexity index is 1220. The number of carbonyl (C=O) groups is 1. The monoisotopic (exact) mass is 478 g/mol. The van der Waals surface area contributed by atoms with Gasteiger partial charge in [0.2, 0.25) is 0 Å². The van der Waals surface area contributed by atoms with Crippen molar-refractivity contribution in [3.63, 3.8) is 0 Å². The summed E-state index contributed by atoms with van der Waals surface area (Å²) >= 11 is 6.17. The number of hydrogen-bond acceptors (Lipinski definition) is 4. The largest absolute Gasteiger partial charge is 0.393 e.